The number of nitrogens with one attached hydrogen (secondary N) is 1. The Bertz CT molecular complexity index is 205. The van der Waals surface area contributed by atoms with E-state index < -0.39 is 0 Å². The first kappa shape index (κ1) is 15.0. The smallest absolute Gasteiger partial charge is 0.00991 e. The van der Waals surface area contributed by atoms with Crippen LogP contribution in [0.4, 0.5) is 0 Å². The normalized spacial score (nSPS) is 21.7. The lowest BCUT2D eigenvalue weighted by molar-refractivity contribution is 0.107. The molecule has 1 aliphatic heterocycles. The first-order valence-electron chi connectivity index (χ1n) is 7.39. The van der Waals surface area contributed by atoms with E-state index in [0.717, 1.165) is 5.92 Å². The highest BCUT2D eigenvalue weighted by Crippen LogP contribution is 2.27. The summed E-state index contributed by atoms with van der Waals surface area (Å²) in [6.45, 7) is 13.2. The number of piperidine rings is 1. The molecule has 0 radical (unpaired) electrons. The predicted octanol–water partition coefficient (Wildman–Crippen LogP) is 3.13. The third-order valence-corrected chi connectivity index (χ3v) is 4.64. The summed E-state index contributed by atoms with van der Waals surface area (Å²) >= 11 is 0. The summed E-state index contributed by atoms with van der Waals surface area (Å²) in [6.07, 6.45) is 5.62. The third kappa shape index (κ3) is 4.59. The Morgan fingerprint density at radius 3 is 2.35 bits per heavy atom. The molecule has 1 saturated heterocycles. The zero-order chi connectivity index (χ0) is 12.9. The van der Waals surface area contributed by atoms with Gasteiger partial charge in [0.05, 0.1) is 0 Å². The van der Waals surface area contributed by atoms with Gasteiger partial charge in [-0.15, -0.1) is 0 Å². The molecule has 1 rings (SSSR count). The van der Waals surface area contributed by atoms with E-state index >= 15 is 0 Å². The van der Waals surface area contributed by atoms with Crippen molar-refractivity contribution in [2.45, 2.75) is 59.4 Å². The molecule has 17 heavy (non-hydrogen) atoms. The highest BCUT2D eigenvalue weighted by molar-refractivity contribution is 4.84. The zero-order valence-corrected chi connectivity index (χ0v) is 12.6. The van der Waals surface area contributed by atoms with Crippen molar-refractivity contribution in [1.29, 1.82) is 0 Å². The van der Waals surface area contributed by atoms with Crippen molar-refractivity contribution < 1.29 is 0 Å². The van der Waals surface area contributed by atoms with E-state index in [1.807, 2.05) is 0 Å². The van der Waals surface area contributed by atoms with Gasteiger partial charge in [0.2, 0.25) is 0 Å². The Labute approximate surface area is 108 Å². The monoisotopic (exact) mass is 240 g/mol. The van der Waals surface area contributed by atoms with Gasteiger partial charge in [-0.25, -0.2) is 0 Å². The second kappa shape index (κ2) is 6.75. The van der Waals surface area contributed by atoms with E-state index in [-0.39, 0.29) is 0 Å². The van der Waals surface area contributed by atoms with Gasteiger partial charge in [-0.05, 0) is 51.2 Å². The van der Waals surface area contributed by atoms with Crippen LogP contribution in [-0.2, 0) is 0 Å². The van der Waals surface area contributed by atoms with Gasteiger partial charge >= 0.3 is 0 Å². The van der Waals surface area contributed by atoms with Crippen LogP contribution in [-0.4, -0.2) is 37.6 Å². The molecular formula is C15H32N2. The number of likely N-dealkylation sites (tertiary alicyclic amines) is 1. The summed E-state index contributed by atoms with van der Waals surface area (Å²) in [5, 5.41) is 3.40. The lowest BCUT2D eigenvalue weighted by Gasteiger charge is -2.40. The predicted molar refractivity (Wildman–Crippen MR) is 76.4 cm³/mol. The molecule has 2 heteroatoms. The molecule has 1 unspecified atom stereocenters. The molecule has 2 nitrogen and oxygen atoms in total. The largest absolute Gasteiger partial charge is 0.317 e. The zero-order valence-electron chi connectivity index (χ0n) is 12.6. The topological polar surface area (TPSA) is 15.3 Å². The summed E-state index contributed by atoms with van der Waals surface area (Å²) in [7, 11) is 2.07. The van der Waals surface area contributed by atoms with Crippen LogP contribution < -0.4 is 5.32 Å². The molecule has 1 N–H and O–H groups in total. The number of nitrogens with zero attached hydrogens (tertiary/aromatic N) is 1. The Hall–Kier alpha value is -0.0800. The van der Waals surface area contributed by atoms with Crippen LogP contribution in [0.5, 0.6) is 0 Å². The Kier molecular flexibility index (Phi) is 5.94. The second-order valence-electron chi connectivity index (χ2n) is 6.51. The molecule has 0 aromatic rings. The van der Waals surface area contributed by atoms with Gasteiger partial charge in [-0.1, -0.05) is 33.6 Å². The van der Waals surface area contributed by atoms with Crippen LogP contribution >= 0.6 is 0 Å². The van der Waals surface area contributed by atoms with Crippen molar-refractivity contribution in [3.8, 4) is 0 Å². The van der Waals surface area contributed by atoms with Crippen LogP contribution in [0.25, 0.3) is 0 Å². The maximum absolute atomic E-state index is 3.40. The average Bonchev–Trinajstić information content (AvgIpc) is 2.30. The Morgan fingerprint density at radius 2 is 1.88 bits per heavy atom. The van der Waals surface area contributed by atoms with Gasteiger partial charge in [-0.2, -0.15) is 0 Å². The van der Waals surface area contributed by atoms with Crippen LogP contribution in [0, 0.1) is 11.3 Å². The number of rotatable bonds is 6. The average molecular weight is 240 g/mol. The van der Waals surface area contributed by atoms with Crippen LogP contribution in [0.1, 0.15) is 53.4 Å². The van der Waals surface area contributed by atoms with E-state index in [0.29, 0.717) is 11.5 Å². The summed E-state index contributed by atoms with van der Waals surface area (Å²) < 4.78 is 0. The van der Waals surface area contributed by atoms with Crippen molar-refractivity contribution >= 4 is 0 Å². The minimum atomic E-state index is 0.367. The first-order chi connectivity index (χ1) is 7.99. The van der Waals surface area contributed by atoms with E-state index in [1.54, 1.807) is 0 Å². The first-order valence-corrected chi connectivity index (χ1v) is 7.39. The molecule has 0 saturated carbocycles. The molecule has 0 aliphatic carbocycles. The summed E-state index contributed by atoms with van der Waals surface area (Å²) in [5.41, 5.74) is 0.367. The van der Waals surface area contributed by atoms with Crippen LogP contribution in [0.3, 0.4) is 0 Å². The van der Waals surface area contributed by atoms with E-state index in [9.17, 15) is 0 Å². The summed E-state index contributed by atoms with van der Waals surface area (Å²) in [6, 6.07) is 0.580. The fourth-order valence-corrected chi connectivity index (χ4v) is 2.95. The van der Waals surface area contributed by atoms with Crippen LogP contribution in [0.2, 0.25) is 0 Å². The Morgan fingerprint density at radius 1 is 1.29 bits per heavy atom. The van der Waals surface area contributed by atoms with E-state index in [2.05, 4.69) is 45.0 Å². The quantitative estimate of drug-likeness (QED) is 0.767. The van der Waals surface area contributed by atoms with Crippen molar-refractivity contribution in [2.24, 2.45) is 11.3 Å². The minimum Gasteiger partial charge on any atom is -0.317 e. The fraction of sp³-hybridized carbons (Fsp3) is 1.00. The molecular weight excluding hydrogens is 208 g/mol. The highest BCUT2D eigenvalue weighted by atomic mass is 15.1. The molecule has 1 fully saturated rings. The number of hydrogen-bond donors (Lipinski definition) is 1. The maximum Gasteiger partial charge on any atom is 0.00991 e. The van der Waals surface area contributed by atoms with Crippen molar-refractivity contribution in [2.75, 3.05) is 26.7 Å². The molecule has 0 bridgehead atoms. The lowest BCUT2D eigenvalue weighted by Crippen LogP contribution is -2.47. The molecule has 0 amide bonds. The molecule has 0 aromatic heterocycles. The second-order valence-corrected chi connectivity index (χ2v) is 6.51. The number of hydrogen-bond acceptors (Lipinski definition) is 2. The van der Waals surface area contributed by atoms with Crippen LogP contribution in [0.15, 0.2) is 0 Å². The van der Waals surface area contributed by atoms with Crippen molar-refractivity contribution in [3.63, 3.8) is 0 Å². The molecule has 1 aliphatic rings. The summed E-state index contributed by atoms with van der Waals surface area (Å²) in [4.78, 5) is 2.67. The standard InChI is InChI=1S/C15H32N2/c1-6-7-14-8-10-17(11-9-14)12-15(3,4)13(2)16-5/h13-14,16H,6-12H2,1-5H3. The Balaban J connectivity index is 2.34. The molecule has 1 heterocycles. The molecule has 1 atom stereocenters. The van der Waals surface area contributed by atoms with E-state index in [1.165, 1.54) is 45.3 Å². The van der Waals surface area contributed by atoms with Crippen molar-refractivity contribution in [1.82, 2.24) is 10.2 Å². The fourth-order valence-electron chi connectivity index (χ4n) is 2.95. The van der Waals surface area contributed by atoms with Gasteiger partial charge < -0.3 is 10.2 Å². The third-order valence-electron chi connectivity index (χ3n) is 4.64. The van der Waals surface area contributed by atoms with E-state index in [4.69, 9.17) is 0 Å². The molecule has 0 aromatic carbocycles. The maximum atomic E-state index is 3.40. The lowest BCUT2D eigenvalue weighted by atomic mass is 9.83. The minimum absolute atomic E-state index is 0.367. The molecule has 0 spiro atoms. The van der Waals surface area contributed by atoms with Crippen molar-refractivity contribution in [3.05, 3.63) is 0 Å². The van der Waals surface area contributed by atoms with Gasteiger partial charge in [0.15, 0.2) is 0 Å². The SMILES string of the molecule is CCCC1CCN(CC(C)(C)C(C)NC)CC1. The van der Waals surface area contributed by atoms with Gasteiger partial charge in [0.1, 0.15) is 0 Å². The highest BCUT2D eigenvalue weighted by Gasteiger charge is 2.29. The molecule has 102 valence electrons. The summed E-state index contributed by atoms with van der Waals surface area (Å²) in [5.74, 6) is 1.00. The van der Waals surface area contributed by atoms with Gasteiger partial charge in [0, 0.05) is 12.6 Å². The van der Waals surface area contributed by atoms with Gasteiger partial charge in [-0.3, -0.25) is 0 Å². The van der Waals surface area contributed by atoms with Gasteiger partial charge in [0.25, 0.3) is 0 Å².